The predicted molar refractivity (Wildman–Crippen MR) is 101 cm³/mol. The van der Waals surface area contributed by atoms with E-state index in [0.29, 0.717) is 32.0 Å². The van der Waals surface area contributed by atoms with Gasteiger partial charge >= 0.3 is 0 Å². The monoisotopic (exact) mass is 366 g/mol. The first-order valence-corrected chi connectivity index (χ1v) is 9.18. The van der Waals surface area contributed by atoms with Gasteiger partial charge in [-0.1, -0.05) is 18.2 Å². The van der Waals surface area contributed by atoms with E-state index in [2.05, 4.69) is 15.2 Å². The number of rotatable bonds is 6. The zero-order valence-corrected chi connectivity index (χ0v) is 15.0. The van der Waals surface area contributed by atoms with Crippen LogP contribution in [0.1, 0.15) is 23.3 Å². The molecule has 4 rings (SSSR count). The minimum absolute atomic E-state index is 0.0224. The SMILES string of the molecule is O=C(c1n[nH]c2ccccc12)N1CCC(OCCOc2cccnc2)CC1. The van der Waals surface area contributed by atoms with Crippen LogP contribution in [0.15, 0.2) is 48.8 Å². The average molecular weight is 366 g/mol. The molecule has 1 aliphatic heterocycles. The Morgan fingerprint density at radius 2 is 2.00 bits per heavy atom. The highest BCUT2D eigenvalue weighted by atomic mass is 16.5. The van der Waals surface area contributed by atoms with Gasteiger partial charge < -0.3 is 14.4 Å². The molecule has 0 radical (unpaired) electrons. The first-order valence-electron chi connectivity index (χ1n) is 9.18. The molecule has 1 fully saturated rings. The third-order valence-corrected chi connectivity index (χ3v) is 4.74. The van der Waals surface area contributed by atoms with E-state index in [1.165, 1.54) is 0 Å². The van der Waals surface area contributed by atoms with Crippen molar-refractivity contribution < 1.29 is 14.3 Å². The van der Waals surface area contributed by atoms with E-state index in [0.717, 1.165) is 29.5 Å². The number of aromatic nitrogens is 3. The Bertz CT molecular complexity index is 888. The number of ether oxygens (including phenoxy) is 2. The molecule has 1 saturated heterocycles. The molecule has 0 bridgehead atoms. The summed E-state index contributed by atoms with van der Waals surface area (Å²) in [6, 6.07) is 11.4. The van der Waals surface area contributed by atoms with Crippen LogP contribution in [-0.2, 0) is 4.74 Å². The summed E-state index contributed by atoms with van der Waals surface area (Å²) in [7, 11) is 0. The fourth-order valence-electron chi connectivity index (χ4n) is 3.31. The molecule has 140 valence electrons. The van der Waals surface area contributed by atoms with Gasteiger partial charge in [0.05, 0.1) is 24.4 Å². The first kappa shape index (κ1) is 17.5. The highest BCUT2D eigenvalue weighted by molar-refractivity contribution is 6.04. The summed E-state index contributed by atoms with van der Waals surface area (Å²) >= 11 is 0. The molecule has 0 atom stereocenters. The van der Waals surface area contributed by atoms with Crippen LogP contribution in [0.5, 0.6) is 5.75 Å². The third-order valence-electron chi connectivity index (χ3n) is 4.74. The minimum atomic E-state index is -0.0224. The van der Waals surface area contributed by atoms with Gasteiger partial charge in [-0.3, -0.25) is 14.9 Å². The molecule has 3 aromatic rings. The molecule has 0 aliphatic carbocycles. The molecular weight excluding hydrogens is 344 g/mol. The van der Waals surface area contributed by atoms with Crippen LogP contribution < -0.4 is 4.74 Å². The van der Waals surface area contributed by atoms with Gasteiger partial charge in [-0.2, -0.15) is 5.10 Å². The van der Waals surface area contributed by atoms with Crippen LogP contribution >= 0.6 is 0 Å². The maximum absolute atomic E-state index is 12.8. The first-order chi connectivity index (χ1) is 13.3. The second kappa shape index (κ2) is 8.18. The molecule has 1 N–H and O–H groups in total. The van der Waals surface area contributed by atoms with E-state index in [1.807, 2.05) is 41.3 Å². The standard InChI is InChI=1S/C20H22N4O3/c25-20(19-17-5-1-2-6-18(17)22-23-19)24-10-7-15(8-11-24)26-12-13-27-16-4-3-9-21-14-16/h1-6,9,14-15H,7-8,10-13H2,(H,22,23). The Hall–Kier alpha value is -2.93. The van der Waals surface area contributed by atoms with Crippen molar-refractivity contribution >= 4 is 16.8 Å². The van der Waals surface area contributed by atoms with Crippen molar-refractivity contribution in [3.05, 3.63) is 54.5 Å². The molecule has 1 aromatic carbocycles. The van der Waals surface area contributed by atoms with Crippen molar-refractivity contribution in [2.45, 2.75) is 18.9 Å². The number of nitrogens with zero attached hydrogens (tertiary/aromatic N) is 3. The fraction of sp³-hybridized carbons (Fsp3) is 0.350. The Morgan fingerprint density at radius 1 is 1.15 bits per heavy atom. The number of para-hydroxylation sites is 1. The van der Waals surface area contributed by atoms with E-state index < -0.39 is 0 Å². The molecule has 2 aromatic heterocycles. The van der Waals surface area contributed by atoms with Gasteiger partial charge in [0.25, 0.3) is 5.91 Å². The molecular formula is C20H22N4O3. The number of pyridine rings is 1. The van der Waals surface area contributed by atoms with Crippen molar-refractivity contribution in [2.24, 2.45) is 0 Å². The Kier molecular flexibility index (Phi) is 5.29. The lowest BCUT2D eigenvalue weighted by Gasteiger charge is -2.31. The summed E-state index contributed by atoms with van der Waals surface area (Å²) in [5.74, 6) is 0.721. The number of aromatic amines is 1. The van der Waals surface area contributed by atoms with Gasteiger partial charge in [-0.05, 0) is 31.0 Å². The zero-order chi connectivity index (χ0) is 18.5. The van der Waals surface area contributed by atoms with Crippen molar-refractivity contribution in [1.82, 2.24) is 20.1 Å². The van der Waals surface area contributed by atoms with Gasteiger partial charge in [0, 0.05) is 24.7 Å². The van der Waals surface area contributed by atoms with E-state index in [9.17, 15) is 4.79 Å². The van der Waals surface area contributed by atoms with Crippen LogP contribution in [0.3, 0.4) is 0 Å². The summed E-state index contributed by atoms with van der Waals surface area (Å²) in [5, 5.41) is 8.00. The lowest BCUT2D eigenvalue weighted by Crippen LogP contribution is -2.41. The number of fused-ring (bicyclic) bond motifs is 1. The molecule has 0 saturated carbocycles. The van der Waals surface area contributed by atoms with Crippen LogP contribution in [0, 0.1) is 0 Å². The summed E-state index contributed by atoms with van der Waals surface area (Å²) in [5.41, 5.74) is 1.38. The van der Waals surface area contributed by atoms with E-state index in [-0.39, 0.29) is 12.0 Å². The topological polar surface area (TPSA) is 80.3 Å². The van der Waals surface area contributed by atoms with Gasteiger partial charge in [0.1, 0.15) is 12.4 Å². The molecule has 1 amide bonds. The summed E-state index contributed by atoms with van der Waals surface area (Å²) in [6.07, 6.45) is 5.19. The van der Waals surface area contributed by atoms with Crippen molar-refractivity contribution in [3.8, 4) is 5.75 Å². The molecule has 27 heavy (non-hydrogen) atoms. The average Bonchev–Trinajstić information content (AvgIpc) is 3.16. The number of piperidine rings is 1. The number of amides is 1. The number of hydrogen-bond acceptors (Lipinski definition) is 5. The maximum atomic E-state index is 12.8. The van der Waals surface area contributed by atoms with Crippen LogP contribution in [0.4, 0.5) is 0 Å². The van der Waals surface area contributed by atoms with Crippen molar-refractivity contribution in [3.63, 3.8) is 0 Å². The lowest BCUT2D eigenvalue weighted by atomic mass is 10.1. The van der Waals surface area contributed by atoms with Gasteiger partial charge in [0.15, 0.2) is 5.69 Å². The smallest absolute Gasteiger partial charge is 0.274 e. The minimum Gasteiger partial charge on any atom is -0.490 e. The lowest BCUT2D eigenvalue weighted by molar-refractivity contribution is -0.00249. The zero-order valence-electron chi connectivity index (χ0n) is 15.0. The number of H-pyrrole nitrogens is 1. The number of carbonyl (C=O) groups is 1. The molecule has 1 aliphatic rings. The number of hydrogen-bond donors (Lipinski definition) is 1. The molecule has 3 heterocycles. The Morgan fingerprint density at radius 3 is 2.81 bits per heavy atom. The summed E-state index contributed by atoms with van der Waals surface area (Å²) in [6.45, 7) is 2.36. The quantitative estimate of drug-likeness (QED) is 0.679. The van der Waals surface area contributed by atoms with Gasteiger partial charge in [-0.15, -0.1) is 0 Å². The molecule has 7 nitrogen and oxygen atoms in total. The third kappa shape index (κ3) is 4.09. The summed E-state index contributed by atoms with van der Waals surface area (Å²) in [4.78, 5) is 18.6. The fourth-order valence-corrected chi connectivity index (χ4v) is 3.31. The molecule has 0 spiro atoms. The van der Waals surface area contributed by atoms with Crippen LogP contribution in [0.25, 0.3) is 10.9 Å². The highest BCUT2D eigenvalue weighted by Crippen LogP contribution is 2.20. The number of likely N-dealkylation sites (tertiary alicyclic amines) is 1. The number of carbonyl (C=O) groups excluding carboxylic acids is 1. The normalized spacial score (nSPS) is 15.2. The van der Waals surface area contributed by atoms with Crippen LogP contribution in [0.2, 0.25) is 0 Å². The van der Waals surface area contributed by atoms with E-state index in [4.69, 9.17) is 9.47 Å². The largest absolute Gasteiger partial charge is 0.490 e. The van der Waals surface area contributed by atoms with Crippen molar-refractivity contribution in [1.29, 1.82) is 0 Å². The number of nitrogens with one attached hydrogen (secondary N) is 1. The van der Waals surface area contributed by atoms with E-state index >= 15 is 0 Å². The van der Waals surface area contributed by atoms with Gasteiger partial charge in [0.2, 0.25) is 0 Å². The Balaban J connectivity index is 1.23. The predicted octanol–water partition coefficient (Wildman–Crippen LogP) is 2.66. The Labute approximate surface area is 157 Å². The summed E-state index contributed by atoms with van der Waals surface area (Å²) < 4.78 is 11.5. The van der Waals surface area contributed by atoms with Gasteiger partial charge in [-0.25, -0.2) is 0 Å². The van der Waals surface area contributed by atoms with Crippen molar-refractivity contribution in [2.75, 3.05) is 26.3 Å². The van der Waals surface area contributed by atoms with Crippen LogP contribution in [-0.4, -0.2) is 58.4 Å². The van der Waals surface area contributed by atoms with E-state index in [1.54, 1.807) is 12.4 Å². The molecule has 0 unspecified atom stereocenters. The number of benzene rings is 1. The second-order valence-corrected chi connectivity index (χ2v) is 6.52. The maximum Gasteiger partial charge on any atom is 0.274 e. The highest BCUT2D eigenvalue weighted by Gasteiger charge is 2.26. The second-order valence-electron chi connectivity index (χ2n) is 6.52. The molecule has 7 heteroatoms.